The Morgan fingerprint density at radius 1 is 0.410 bits per heavy atom. The van der Waals surface area contributed by atoms with Gasteiger partial charge in [0.2, 0.25) is 0 Å². The summed E-state index contributed by atoms with van der Waals surface area (Å²) in [6.45, 7) is 53.7. The molecule has 20 aromatic rings. The summed E-state index contributed by atoms with van der Waals surface area (Å²) >= 11 is 0. The first-order valence-corrected chi connectivity index (χ1v) is 47.3. The number of hydrogen-bond donors (Lipinski definition) is 0. The van der Waals surface area contributed by atoms with Crippen LogP contribution in [0, 0.1) is 147 Å². The Bertz CT molecular complexity index is 7680. The summed E-state index contributed by atoms with van der Waals surface area (Å²) in [7, 11) is 0. The van der Waals surface area contributed by atoms with Gasteiger partial charge in [-0.2, -0.15) is 39.6 Å². The van der Waals surface area contributed by atoms with Crippen molar-refractivity contribution >= 4 is 28.0 Å². The number of benzene rings is 11. The minimum Gasteiger partial charge on any atom is -0.456 e. The van der Waals surface area contributed by atoms with E-state index in [2.05, 4.69) is 376 Å². The van der Waals surface area contributed by atoms with Gasteiger partial charge in [0.1, 0.15) is 29.1 Å². The number of rotatable bonds is 18. The maximum absolute atomic E-state index is 6.25. The van der Waals surface area contributed by atoms with Crippen molar-refractivity contribution in [1.29, 1.82) is 0 Å². The Balaban J connectivity index is 0.000000184. The number of aryl methyl sites for hydroxylation is 8. The van der Waals surface area contributed by atoms with Crippen molar-refractivity contribution in [3.05, 3.63) is 422 Å². The molecule has 0 aliphatic heterocycles. The van der Waals surface area contributed by atoms with E-state index in [-0.39, 0.29) is 101 Å². The van der Waals surface area contributed by atoms with Crippen LogP contribution in [0.1, 0.15) is 199 Å². The molecule has 17 nitrogen and oxygen atoms in total. The maximum Gasteiger partial charge on any atom is 0.161 e. The summed E-state index contributed by atoms with van der Waals surface area (Å²) in [5, 5.41) is 20.1. The van der Waals surface area contributed by atoms with Gasteiger partial charge in [-0.05, 0) is 241 Å². The molecule has 11 aromatic carbocycles. The van der Waals surface area contributed by atoms with Crippen LogP contribution in [0.15, 0.2) is 273 Å². The standard InChI is InChI=1S/C30H23N2O.C26H27N4.C24H25N4.C21H23N2.C20H23N4.2CH4.4Ir/c1-20-17-22(19-24-11-8-13-26-25-12-6-7-14-27(25)33-29(24)26)18-21(2)28(20)32-16-15-31-30(32)23-9-4-3-5-10-23;1-8-22-12-13-25(16(2)14-22)26-27-21(7)28-30(26)24-11-9-10-23(15-24)29-19(5)17(3)18(4)20(29)6;1-15-10-7-8-13-23(15)24-25-20(6)26-28(24)22-12-9-11-21(14-22)27-18(4)16(2)17(3)19(27)5;1-15(2)18-11-8-12-19(16(3)4)20(18)23-14-13-22-21(23)17-9-6-5-7-10-17;1-14-9-16(11-20(3,4)5)10-15(2)18(14)24-13-22-23-19(24)17-7-6-8-21-12-17;;;;;;/h3-9,11-18H,19H2,1-2H3;8-10,12-15H,1H2,2-7H3;7-11,13-14H,1-6H3;5-9,11-16H,1-4H3;6,8-10,12-13H,11H2,1-5H3;2*1H4;;;;/q5*-1;;;;;;. The van der Waals surface area contributed by atoms with Crippen LogP contribution in [0.5, 0.6) is 0 Å². The van der Waals surface area contributed by atoms with Crippen LogP contribution in [-0.2, 0) is 93.3 Å². The molecular formula is C123H129Ir4N16O-5. The van der Waals surface area contributed by atoms with Gasteiger partial charge in [0.15, 0.2) is 11.6 Å². The second-order valence-corrected chi connectivity index (χ2v) is 37.8. The molecular weight excluding hydrogens is 2490 g/mol. The first-order valence-electron chi connectivity index (χ1n) is 47.3. The molecule has 0 aliphatic rings. The number of imidazole rings is 2. The average Bonchev–Trinajstić information content (AvgIpc) is 1.61. The van der Waals surface area contributed by atoms with Crippen LogP contribution in [0.25, 0.3) is 125 Å². The maximum atomic E-state index is 6.25. The van der Waals surface area contributed by atoms with Crippen LogP contribution in [0.2, 0.25) is 0 Å². The van der Waals surface area contributed by atoms with Crippen molar-refractivity contribution < 1.29 is 84.8 Å². The third-order valence-electron chi connectivity index (χ3n) is 26.0. The van der Waals surface area contributed by atoms with E-state index in [9.17, 15) is 0 Å². The average molecular weight is 2620 g/mol. The zero-order valence-corrected chi connectivity index (χ0v) is 94.7. The number of para-hydroxylation sites is 3. The van der Waals surface area contributed by atoms with Crippen molar-refractivity contribution in [2.45, 2.75) is 199 Å². The normalized spacial score (nSPS) is 10.9. The van der Waals surface area contributed by atoms with E-state index in [4.69, 9.17) is 14.4 Å². The summed E-state index contributed by atoms with van der Waals surface area (Å²) < 4.78 is 21.1. The summed E-state index contributed by atoms with van der Waals surface area (Å²) in [5.41, 5.74) is 39.9. The van der Waals surface area contributed by atoms with Crippen molar-refractivity contribution in [3.63, 3.8) is 0 Å². The van der Waals surface area contributed by atoms with Crippen LogP contribution in [0.3, 0.4) is 0 Å². The number of furan rings is 1. The van der Waals surface area contributed by atoms with Gasteiger partial charge in [0.05, 0.1) is 17.5 Å². The zero-order valence-electron chi connectivity index (χ0n) is 85.1. The molecule has 0 amide bonds. The fourth-order valence-corrected chi connectivity index (χ4v) is 18.9. The fourth-order valence-electron chi connectivity index (χ4n) is 18.9. The molecule has 9 aromatic heterocycles. The SMILES string of the molecule is C.C.C=Cc1ccc(-c2nc(C)nn2-c2[c-]ccc(-n3c(C)c(C)c(C)c3C)c2)c(C)c1.CC(C)c1cccc(C(C)C)c1-n1ccnc1-c1[c-]cccc1.Cc1cc(CC(C)(C)C)cc(C)c1-n1cnnc1-c1[c-]ccnc1.Cc1cc(Cc2cccc3c2oc2ccccc23)cc(C)c1-n1ccnc1-c1[c-]cccc1.Cc1nc(-c2ccccc2C)n(-c2[c-]ccc(-n3c(C)c(C)c(C)c3C)c2)n1.[Ir].[Ir].[Ir].[Ir]. The first-order chi connectivity index (χ1) is 66.3. The molecule has 0 saturated carbocycles. The van der Waals surface area contributed by atoms with Crippen molar-refractivity contribution in [1.82, 2.24) is 77.5 Å². The van der Waals surface area contributed by atoms with Gasteiger partial charge < -0.3 is 32.2 Å². The van der Waals surface area contributed by atoms with E-state index < -0.39 is 0 Å². The molecule has 0 N–H and O–H groups in total. The van der Waals surface area contributed by atoms with E-state index >= 15 is 0 Å². The van der Waals surface area contributed by atoms with Crippen LogP contribution >= 0.6 is 0 Å². The zero-order chi connectivity index (χ0) is 97.7. The fraction of sp³-hybridized carbons (Fsp3) is 0.244. The van der Waals surface area contributed by atoms with Gasteiger partial charge in [-0.25, -0.2) is 19.3 Å². The molecule has 20 rings (SSSR count). The Morgan fingerprint density at radius 2 is 0.875 bits per heavy atom. The van der Waals surface area contributed by atoms with Crippen molar-refractivity contribution in [2.24, 2.45) is 5.41 Å². The first kappa shape index (κ1) is 113. The molecule has 0 spiro atoms. The molecule has 0 atom stereocenters. The van der Waals surface area contributed by atoms with Gasteiger partial charge >= 0.3 is 0 Å². The summed E-state index contributed by atoms with van der Waals surface area (Å²) in [6.07, 6.45) is 16.8. The third kappa shape index (κ3) is 24.3. The van der Waals surface area contributed by atoms with E-state index in [1.165, 1.54) is 123 Å². The van der Waals surface area contributed by atoms with Crippen LogP contribution in [-0.4, -0.2) is 77.5 Å². The van der Waals surface area contributed by atoms with Crippen LogP contribution in [0.4, 0.5) is 0 Å². The summed E-state index contributed by atoms with van der Waals surface area (Å²) in [6, 6.07) is 91.6. The molecule has 0 aliphatic carbocycles. The largest absolute Gasteiger partial charge is 0.456 e. The second kappa shape index (κ2) is 49.1. The van der Waals surface area contributed by atoms with Crippen LogP contribution < -0.4 is 0 Å². The number of nitrogens with zero attached hydrogens (tertiary/aromatic N) is 16. The van der Waals surface area contributed by atoms with Gasteiger partial charge in [-0.15, -0.1) is 113 Å². The molecule has 0 fully saturated rings. The molecule has 9 heterocycles. The van der Waals surface area contributed by atoms with Crippen molar-refractivity contribution in [3.8, 4) is 96.8 Å². The Morgan fingerprint density at radius 3 is 1.35 bits per heavy atom. The molecule has 21 heteroatoms. The number of hydrogen-bond acceptors (Lipinski definition) is 10. The van der Waals surface area contributed by atoms with Gasteiger partial charge in [-0.1, -0.05) is 227 Å². The topological polar surface area (TPSA) is 164 Å². The molecule has 0 bridgehead atoms. The van der Waals surface area contributed by atoms with E-state index in [0.29, 0.717) is 11.8 Å². The van der Waals surface area contributed by atoms with Gasteiger partial charge in [0.25, 0.3) is 0 Å². The quantitative estimate of drug-likeness (QED) is 0.0755. The third-order valence-corrected chi connectivity index (χ3v) is 26.0. The molecule has 748 valence electrons. The Hall–Kier alpha value is -12.9. The predicted molar refractivity (Wildman–Crippen MR) is 576 cm³/mol. The van der Waals surface area contributed by atoms with Crippen molar-refractivity contribution in [2.75, 3.05) is 0 Å². The summed E-state index contributed by atoms with van der Waals surface area (Å²) in [4.78, 5) is 22.8. The van der Waals surface area contributed by atoms with Gasteiger partial charge in [0, 0.05) is 173 Å². The number of aromatic nitrogens is 16. The van der Waals surface area contributed by atoms with Gasteiger partial charge in [-0.3, -0.25) is 9.97 Å². The molecule has 0 unspecified atom stereocenters. The molecule has 4 radical (unpaired) electrons. The Kier molecular flexibility index (Phi) is 38.6. The number of fused-ring (bicyclic) bond motifs is 3. The van der Waals surface area contributed by atoms with E-state index in [1.54, 1.807) is 24.8 Å². The smallest absolute Gasteiger partial charge is 0.161 e. The second-order valence-electron chi connectivity index (χ2n) is 37.8. The number of pyridine rings is 1. The minimum atomic E-state index is 0. The minimum absolute atomic E-state index is 0. The van der Waals surface area contributed by atoms with E-state index in [0.717, 1.165) is 132 Å². The summed E-state index contributed by atoms with van der Waals surface area (Å²) in [5.74, 6) is 6.67. The Labute approximate surface area is 905 Å². The monoisotopic (exact) mass is 2620 g/mol. The molecule has 144 heavy (non-hydrogen) atoms. The predicted octanol–water partition coefficient (Wildman–Crippen LogP) is 30.0. The van der Waals surface area contributed by atoms with E-state index in [1.807, 2.05) is 131 Å². The molecule has 0 saturated heterocycles.